The van der Waals surface area contributed by atoms with Crippen molar-refractivity contribution < 1.29 is 4.74 Å². The van der Waals surface area contributed by atoms with Crippen molar-refractivity contribution in [2.24, 2.45) is 5.73 Å². The van der Waals surface area contributed by atoms with Crippen LogP contribution in [0.5, 0.6) is 5.75 Å². The molecule has 0 bridgehead atoms. The first-order valence-electron chi connectivity index (χ1n) is 7.09. The molecule has 0 fully saturated rings. The van der Waals surface area contributed by atoms with Gasteiger partial charge in [0.15, 0.2) is 0 Å². The zero-order valence-corrected chi connectivity index (χ0v) is 12.2. The van der Waals surface area contributed by atoms with Crippen LogP contribution in [0.15, 0.2) is 18.2 Å². The van der Waals surface area contributed by atoms with Crippen molar-refractivity contribution >= 4 is 0 Å². The summed E-state index contributed by atoms with van der Waals surface area (Å²) < 4.78 is 5.56. The van der Waals surface area contributed by atoms with Crippen LogP contribution in [-0.2, 0) is 6.42 Å². The Bertz CT molecular complexity index is 360. The van der Waals surface area contributed by atoms with E-state index >= 15 is 0 Å². The third-order valence-corrected chi connectivity index (χ3v) is 3.39. The molecular weight excluding hydrogens is 222 g/mol. The van der Waals surface area contributed by atoms with Gasteiger partial charge in [0.25, 0.3) is 0 Å². The van der Waals surface area contributed by atoms with Crippen LogP contribution >= 0.6 is 0 Å². The lowest BCUT2D eigenvalue weighted by Gasteiger charge is -2.18. The van der Waals surface area contributed by atoms with Crippen LogP contribution in [0.4, 0.5) is 0 Å². The van der Waals surface area contributed by atoms with Gasteiger partial charge in [0.05, 0.1) is 6.61 Å². The van der Waals surface area contributed by atoms with Gasteiger partial charge in [-0.3, -0.25) is 0 Å². The van der Waals surface area contributed by atoms with Gasteiger partial charge in [-0.1, -0.05) is 19.9 Å². The molecule has 0 saturated heterocycles. The lowest BCUT2D eigenvalue weighted by Crippen LogP contribution is -2.15. The Labute approximate surface area is 112 Å². The summed E-state index contributed by atoms with van der Waals surface area (Å²) >= 11 is 0. The monoisotopic (exact) mass is 249 g/mol. The molecular formula is C16H27NO. The Hall–Kier alpha value is -1.02. The number of ether oxygens (including phenoxy) is 1. The second kappa shape index (κ2) is 7.42. The van der Waals surface area contributed by atoms with Gasteiger partial charge in [-0.05, 0) is 62.3 Å². The normalized spacial score (nSPS) is 14.3. The average molecular weight is 249 g/mol. The number of hydrogen-bond acceptors (Lipinski definition) is 2. The predicted molar refractivity (Wildman–Crippen MR) is 78.3 cm³/mol. The van der Waals surface area contributed by atoms with Crippen molar-refractivity contribution in [3.63, 3.8) is 0 Å². The molecule has 0 aliphatic carbocycles. The van der Waals surface area contributed by atoms with E-state index in [1.807, 2.05) is 6.92 Å². The van der Waals surface area contributed by atoms with Crippen LogP contribution in [0.25, 0.3) is 0 Å². The van der Waals surface area contributed by atoms with Crippen LogP contribution in [-0.4, -0.2) is 12.6 Å². The molecule has 0 aliphatic heterocycles. The highest BCUT2D eigenvalue weighted by molar-refractivity contribution is 5.37. The highest BCUT2D eigenvalue weighted by Gasteiger charge is 2.11. The summed E-state index contributed by atoms with van der Waals surface area (Å²) in [5.41, 5.74) is 8.68. The summed E-state index contributed by atoms with van der Waals surface area (Å²) in [7, 11) is 0. The van der Waals surface area contributed by atoms with Crippen molar-refractivity contribution in [3.05, 3.63) is 29.3 Å². The number of hydrogen-bond donors (Lipinski definition) is 1. The average Bonchev–Trinajstić information content (AvgIpc) is 2.36. The molecule has 0 heterocycles. The highest BCUT2D eigenvalue weighted by Crippen LogP contribution is 2.28. The Kier molecular flexibility index (Phi) is 6.20. The van der Waals surface area contributed by atoms with Gasteiger partial charge in [0.2, 0.25) is 0 Å². The van der Waals surface area contributed by atoms with E-state index in [9.17, 15) is 0 Å². The van der Waals surface area contributed by atoms with Crippen LogP contribution in [0.1, 0.15) is 57.6 Å². The first-order valence-corrected chi connectivity index (χ1v) is 7.09. The third-order valence-electron chi connectivity index (χ3n) is 3.39. The molecule has 0 amide bonds. The van der Waals surface area contributed by atoms with Gasteiger partial charge >= 0.3 is 0 Å². The molecule has 1 aromatic carbocycles. The van der Waals surface area contributed by atoms with E-state index < -0.39 is 0 Å². The topological polar surface area (TPSA) is 35.2 Å². The lowest BCUT2D eigenvalue weighted by atomic mass is 9.90. The summed E-state index contributed by atoms with van der Waals surface area (Å²) in [5, 5.41) is 0. The van der Waals surface area contributed by atoms with E-state index in [2.05, 4.69) is 39.0 Å². The number of aryl methyl sites for hydroxylation is 1. The number of nitrogens with two attached hydrogens (primary N) is 1. The van der Waals surface area contributed by atoms with Gasteiger partial charge < -0.3 is 10.5 Å². The molecule has 1 rings (SSSR count). The van der Waals surface area contributed by atoms with Gasteiger partial charge in [0, 0.05) is 6.04 Å². The van der Waals surface area contributed by atoms with Crippen LogP contribution < -0.4 is 10.5 Å². The maximum absolute atomic E-state index is 5.83. The molecule has 1 aromatic rings. The smallest absolute Gasteiger partial charge is 0.119 e. The molecule has 0 aliphatic rings. The van der Waals surface area contributed by atoms with E-state index in [4.69, 9.17) is 10.5 Å². The Morgan fingerprint density at radius 2 is 1.89 bits per heavy atom. The summed E-state index contributed by atoms with van der Waals surface area (Å²) in [6, 6.07) is 6.78. The van der Waals surface area contributed by atoms with Crippen molar-refractivity contribution in [2.75, 3.05) is 6.61 Å². The van der Waals surface area contributed by atoms with Gasteiger partial charge in [-0.15, -0.1) is 0 Å². The maximum Gasteiger partial charge on any atom is 0.119 e. The fourth-order valence-electron chi connectivity index (χ4n) is 2.29. The SMILES string of the molecule is CCOc1ccc(C(C)CCC(C)N)c(CC)c1. The first-order chi connectivity index (χ1) is 8.58. The van der Waals surface area contributed by atoms with E-state index in [0.717, 1.165) is 31.6 Å². The number of rotatable bonds is 7. The number of benzene rings is 1. The van der Waals surface area contributed by atoms with Gasteiger partial charge in [-0.2, -0.15) is 0 Å². The molecule has 2 unspecified atom stereocenters. The van der Waals surface area contributed by atoms with Gasteiger partial charge in [-0.25, -0.2) is 0 Å². The minimum absolute atomic E-state index is 0.292. The minimum atomic E-state index is 0.292. The molecule has 2 heteroatoms. The van der Waals surface area contributed by atoms with E-state index in [1.54, 1.807) is 0 Å². The van der Waals surface area contributed by atoms with Crippen LogP contribution in [0, 0.1) is 0 Å². The molecule has 18 heavy (non-hydrogen) atoms. The van der Waals surface area contributed by atoms with E-state index in [-0.39, 0.29) is 0 Å². The maximum atomic E-state index is 5.83. The summed E-state index contributed by atoms with van der Waals surface area (Å²) in [6.45, 7) is 9.31. The Morgan fingerprint density at radius 3 is 2.44 bits per heavy atom. The summed E-state index contributed by atoms with van der Waals surface area (Å²) in [5.74, 6) is 1.55. The molecule has 0 spiro atoms. The molecule has 0 saturated carbocycles. The predicted octanol–water partition coefficient (Wildman–Crippen LogP) is 3.88. The lowest BCUT2D eigenvalue weighted by molar-refractivity contribution is 0.339. The fraction of sp³-hybridized carbons (Fsp3) is 0.625. The third kappa shape index (κ3) is 4.34. The van der Waals surface area contributed by atoms with Crippen molar-refractivity contribution in [1.29, 1.82) is 0 Å². The second-order valence-corrected chi connectivity index (χ2v) is 5.10. The summed E-state index contributed by atoms with van der Waals surface area (Å²) in [4.78, 5) is 0. The molecule has 2 N–H and O–H groups in total. The van der Waals surface area contributed by atoms with Crippen molar-refractivity contribution in [1.82, 2.24) is 0 Å². The molecule has 102 valence electrons. The molecule has 0 aromatic heterocycles. The second-order valence-electron chi connectivity index (χ2n) is 5.10. The molecule has 2 atom stereocenters. The quantitative estimate of drug-likeness (QED) is 0.796. The standard InChI is InChI=1S/C16H27NO/c1-5-14-11-15(18-6-2)9-10-16(14)12(3)7-8-13(4)17/h9-13H,5-8,17H2,1-4H3. The fourth-order valence-corrected chi connectivity index (χ4v) is 2.29. The van der Waals surface area contributed by atoms with Gasteiger partial charge in [0.1, 0.15) is 5.75 Å². The Morgan fingerprint density at radius 1 is 1.17 bits per heavy atom. The molecule has 2 nitrogen and oxygen atoms in total. The molecule has 0 radical (unpaired) electrons. The van der Waals surface area contributed by atoms with Crippen molar-refractivity contribution in [3.8, 4) is 5.75 Å². The minimum Gasteiger partial charge on any atom is -0.494 e. The van der Waals surface area contributed by atoms with Crippen LogP contribution in [0.3, 0.4) is 0 Å². The van der Waals surface area contributed by atoms with E-state index in [1.165, 1.54) is 11.1 Å². The van der Waals surface area contributed by atoms with Crippen LogP contribution in [0.2, 0.25) is 0 Å². The largest absolute Gasteiger partial charge is 0.494 e. The Balaban J connectivity index is 2.80. The zero-order valence-electron chi connectivity index (χ0n) is 12.2. The highest BCUT2D eigenvalue weighted by atomic mass is 16.5. The van der Waals surface area contributed by atoms with E-state index in [0.29, 0.717) is 12.0 Å². The van der Waals surface area contributed by atoms with Crippen molar-refractivity contribution in [2.45, 2.75) is 58.9 Å². The summed E-state index contributed by atoms with van der Waals surface area (Å²) in [6.07, 6.45) is 3.29. The zero-order chi connectivity index (χ0) is 13.5. The first kappa shape index (κ1) is 15.0.